The molecule has 0 radical (unpaired) electrons. The second kappa shape index (κ2) is 5.16. The van der Waals surface area contributed by atoms with E-state index in [0.29, 0.717) is 5.41 Å². The molecule has 0 aromatic heterocycles. The van der Waals surface area contributed by atoms with Gasteiger partial charge in [0.25, 0.3) is 0 Å². The predicted molar refractivity (Wildman–Crippen MR) is 84.8 cm³/mol. The molecule has 2 heteroatoms. The highest BCUT2D eigenvalue weighted by Crippen LogP contribution is 2.38. The summed E-state index contributed by atoms with van der Waals surface area (Å²) in [4.78, 5) is 2.70. The van der Waals surface area contributed by atoms with Gasteiger partial charge in [-0.25, -0.2) is 0 Å². The van der Waals surface area contributed by atoms with Crippen molar-refractivity contribution < 1.29 is 0 Å². The first-order valence-electron chi connectivity index (χ1n) is 8.07. The molecule has 1 unspecified atom stereocenters. The average Bonchev–Trinajstić information content (AvgIpc) is 2.46. The number of hydrogen-bond acceptors (Lipinski definition) is 2. The van der Waals surface area contributed by atoms with Crippen LogP contribution in [-0.4, -0.2) is 30.1 Å². The number of rotatable bonds is 2. The molecule has 1 atom stereocenters. The Morgan fingerprint density at radius 1 is 1.05 bits per heavy atom. The van der Waals surface area contributed by atoms with Crippen LogP contribution in [0.3, 0.4) is 0 Å². The maximum Gasteiger partial charge on any atom is 0.0375 e. The van der Waals surface area contributed by atoms with Crippen LogP contribution in [0.5, 0.6) is 0 Å². The summed E-state index contributed by atoms with van der Waals surface area (Å²) in [6, 6.07) is 8.92. The van der Waals surface area contributed by atoms with E-state index < -0.39 is 0 Å². The molecule has 20 heavy (non-hydrogen) atoms. The molecule has 0 bridgehead atoms. The van der Waals surface area contributed by atoms with Gasteiger partial charge in [-0.2, -0.15) is 0 Å². The highest BCUT2D eigenvalue weighted by molar-refractivity contribution is 5.32. The van der Waals surface area contributed by atoms with Crippen LogP contribution in [0.25, 0.3) is 0 Å². The Kier molecular flexibility index (Phi) is 3.64. The summed E-state index contributed by atoms with van der Waals surface area (Å²) < 4.78 is 0. The van der Waals surface area contributed by atoms with Gasteiger partial charge in [0.1, 0.15) is 0 Å². The van der Waals surface area contributed by atoms with E-state index in [4.69, 9.17) is 5.73 Å². The minimum atomic E-state index is 0.213. The van der Waals surface area contributed by atoms with E-state index in [2.05, 4.69) is 43.0 Å². The van der Waals surface area contributed by atoms with E-state index >= 15 is 0 Å². The second-order valence-corrected chi connectivity index (χ2v) is 7.53. The maximum atomic E-state index is 6.25. The highest BCUT2D eigenvalue weighted by Gasteiger charge is 2.41. The Morgan fingerprint density at radius 2 is 1.70 bits per heavy atom. The quantitative estimate of drug-likeness (QED) is 0.897. The third-order valence-corrected chi connectivity index (χ3v) is 5.67. The van der Waals surface area contributed by atoms with Gasteiger partial charge in [0.15, 0.2) is 0 Å². The predicted octanol–water partition coefficient (Wildman–Crippen LogP) is 2.99. The summed E-state index contributed by atoms with van der Waals surface area (Å²) in [5, 5.41) is 0. The van der Waals surface area contributed by atoms with Crippen LogP contribution in [0.1, 0.15) is 44.2 Å². The van der Waals surface area contributed by atoms with Crippen molar-refractivity contribution in [2.45, 2.75) is 51.5 Å². The lowest BCUT2D eigenvalue weighted by molar-refractivity contribution is 0.0235. The van der Waals surface area contributed by atoms with Gasteiger partial charge in [0.2, 0.25) is 0 Å². The summed E-state index contributed by atoms with van der Waals surface area (Å²) in [6.07, 6.45) is 6.15. The molecule has 1 fully saturated rings. The molecule has 1 aliphatic carbocycles. The standard InChI is InChI=1S/C18H28N2/c1-17(2)9-11-20(12-10-17)18(14-19)8-7-15-5-3-4-6-16(15)13-18/h3-6H,7-14,19H2,1-2H3. The monoisotopic (exact) mass is 272 g/mol. The molecule has 1 heterocycles. The average molecular weight is 272 g/mol. The molecular weight excluding hydrogens is 244 g/mol. The van der Waals surface area contributed by atoms with Crippen LogP contribution in [0.2, 0.25) is 0 Å². The Hall–Kier alpha value is -0.860. The fraction of sp³-hybridized carbons (Fsp3) is 0.667. The molecule has 110 valence electrons. The van der Waals surface area contributed by atoms with Crippen LogP contribution in [0.4, 0.5) is 0 Å². The van der Waals surface area contributed by atoms with Crippen molar-refractivity contribution in [3.63, 3.8) is 0 Å². The second-order valence-electron chi connectivity index (χ2n) is 7.53. The van der Waals surface area contributed by atoms with E-state index in [1.54, 1.807) is 0 Å². The summed E-state index contributed by atoms with van der Waals surface area (Å²) in [5.41, 5.74) is 10.0. The normalized spacial score (nSPS) is 29.9. The summed E-state index contributed by atoms with van der Waals surface area (Å²) in [6.45, 7) is 8.02. The summed E-state index contributed by atoms with van der Waals surface area (Å²) in [5.74, 6) is 0. The lowest BCUT2D eigenvalue weighted by atomic mass is 9.74. The fourth-order valence-electron chi connectivity index (χ4n) is 3.94. The molecule has 1 aliphatic heterocycles. The Labute approximate surface area is 123 Å². The zero-order valence-corrected chi connectivity index (χ0v) is 13.0. The third-order valence-electron chi connectivity index (χ3n) is 5.67. The van der Waals surface area contributed by atoms with Gasteiger partial charge in [0.05, 0.1) is 0 Å². The van der Waals surface area contributed by atoms with Gasteiger partial charge >= 0.3 is 0 Å². The van der Waals surface area contributed by atoms with E-state index in [1.807, 2.05) is 0 Å². The van der Waals surface area contributed by atoms with Crippen molar-refractivity contribution in [2.24, 2.45) is 11.1 Å². The van der Waals surface area contributed by atoms with Gasteiger partial charge < -0.3 is 5.73 Å². The van der Waals surface area contributed by atoms with Crippen LogP contribution >= 0.6 is 0 Å². The number of aryl methyl sites for hydroxylation is 1. The molecule has 0 amide bonds. The number of hydrogen-bond donors (Lipinski definition) is 1. The topological polar surface area (TPSA) is 29.3 Å². The Morgan fingerprint density at radius 3 is 2.35 bits per heavy atom. The van der Waals surface area contributed by atoms with Crippen molar-refractivity contribution in [3.05, 3.63) is 35.4 Å². The van der Waals surface area contributed by atoms with Crippen molar-refractivity contribution in [1.82, 2.24) is 4.90 Å². The molecule has 0 spiro atoms. The molecular formula is C18H28N2. The zero-order valence-electron chi connectivity index (χ0n) is 13.0. The van der Waals surface area contributed by atoms with Gasteiger partial charge in [0, 0.05) is 12.1 Å². The third kappa shape index (κ3) is 2.51. The van der Waals surface area contributed by atoms with E-state index in [9.17, 15) is 0 Å². The lowest BCUT2D eigenvalue weighted by Gasteiger charge is -2.50. The van der Waals surface area contributed by atoms with E-state index in [-0.39, 0.29) is 5.54 Å². The number of nitrogens with two attached hydrogens (primary N) is 1. The maximum absolute atomic E-state index is 6.25. The van der Waals surface area contributed by atoms with Crippen molar-refractivity contribution in [2.75, 3.05) is 19.6 Å². The Balaban J connectivity index is 1.80. The molecule has 0 saturated carbocycles. The molecule has 2 nitrogen and oxygen atoms in total. The van der Waals surface area contributed by atoms with Crippen LogP contribution in [0, 0.1) is 5.41 Å². The van der Waals surface area contributed by atoms with Crippen LogP contribution in [0.15, 0.2) is 24.3 Å². The number of likely N-dealkylation sites (tertiary alicyclic amines) is 1. The first-order chi connectivity index (χ1) is 9.55. The number of benzene rings is 1. The Bertz CT molecular complexity index is 470. The minimum Gasteiger partial charge on any atom is -0.329 e. The molecule has 1 saturated heterocycles. The van der Waals surface area contributed by atoms with Crippen molar-refractivity contribution in [3.8, 4) is 0 Å². The fourth-order valence-corrected chi connectivity index (χ4v) is 3.94. The van der Waals surface area contributed by atoms with E-state index in [1.165, 1.54) is 49.9 Å². The van der Waals surface area contributed by atoms with Crippen molar-refractivity contribution >= 4 is 0 Å². The zero-order chi connectivity index (χ0) is 14.2. The van der Waals surface area contributed by atoms with Crippen LogP contribution < -0.4 is 5.73 Å². The number of nitrogens with zero attached hydrogens (tertiary/aromatic N) is 1. The van der Waals surface area contributed by atoms with Crippen LogP contribution in [-0.2, 0) is 12.8 Å². The van der Waals surface area contributed by atoms with Crippen molar-refractivity contribution in [1.29, 1.82) is 0 Å². The number of piperidine rings is 1. The van der Waals surface area contributed by atoms with Gasteiger partial charge in [-0.15, -0.1) is 0 Å². The largest absolute Gasteiger partial charge is 0.329 e. The number of fused-ring (bicyclic) bond motifs is 1. The first-order valence-corrected chi connectivity index (χ1v) is 8.07. The summed E-state index contributed by atoms with van der Waals surface area (Å²) in [7, 11) is 0. The van der Waals surface area contributed by atoms with E-state index in [0.717, 1.165) is 13.0 Å². The molecule has 2 N–H and O–H groups in total. The van der Waals surface area contributed by atoms with Gasteiger partial charge in [-0.05, 0) is 61.7 Å². The lowest BCUT2D eigenvalue weighted by Crippen LogP contribution is -2.59. The SMILES string of the molecule is CC1(C)CCN(C2(CN)CCc3ccccc3C2)CC1. The molecule has 1 aromatic carbocycles. The molecule has 2 aliphatic rings. The smallest absolute Gasteiger partial charge is 0.0375 e. The molecule has 3 rings (SSSR count). The highest BCUT2D eigenvalue weighted by atomic mass is 15.2. The minimum absolute atomic E-state index is 0.213. The summed E-state index contributed by atoms with van der Waals surface area (Å²) >= 11 is 0. The van der Waals surface area contributed by atoms with Gasteiger partial charge in [-0.1, -0.05) is 38.1 Å². The van der Waals surface area contributed by atoms with Gasteiger partial charge in [-0.3, -0.25) is 4.90 Å². The first kappa shape index (κ1) is 14.1. The molecule has 1 aromatic rings.